The zero-order valence-electron chi connectivity index (χ0n) is 11.5. The van der Waals surface area contributed by atoms with Crippen molar-refractivity contribution in [2.75, 3.05) is 25.0 Å². The molecule has 20 heavy (non-hydrogen) atoms. The highest BCUT2D eigenvalue weighted by Gasteiger charge is 2.35. The standard InChI is InChI=1S/C14H20N2O3S/c1-16-7-6-10-8-11(2-5-13(10)16)14(17)9-15-20(18,19)12-3-4-12/h2,5,8,12,14-15,17H,3-4,6-7,9H2,1H3/t14-/m0/s1. The van der Waals surface area contributed by atoms with E-state index >= 15 is 0 Å². The summed E-state index contributed by atoms with van der Waals surface area (Å²) in [5.74, 6) is 0. The van der Waals surface area contributed by atoms with Gasteiger partial charge < -0.3 is 10.0 Å². The largest absolute Gasteiger partial charge is 0.387 e. The number of nitrogens with zero attached hydrogens (tertiary/aromatic N) is 1. The molecule has 1 atom stereocenters. The number of hydrogen-bond donors (Lipinski definition) is 2. The van der Waals surface area contributed by atoms with Crippen LogP contribution >= 0.6 is 0 Å². The molecular formula is C14H20N2O3S. The van der Waals surface area contributed by atoms with E-state index in [1.54, 1.807) is 0 Å². The fourth-order valence-corrected chi connectivity index (χ4v) is 3.99. The Labute approximate surface area is 119 Å². The highest BCUT2D eigenvalue weighted by molar-refractivity contribution is 7.90. The molecule has 0 saturated heterocycles. The highest BCUT2D eigenvalue weighted by Crippen LogP contribution is 2.30. The van der Waals surface area contributed by atoms with Gasteiger partial charge in [-0.15, -0.1) is 0 Å². The number of hydrogen-bond acceptors (Lipinski definition) is 4. The summed E-state index contributed by atoms with van der Waals surface area (Å²) in [5.41, 5.74) is 3.19. The minimum absolute atomic E-state index is 0.0491. The van der Waals surface area contributed by atoms with Crippen molar-refractivity contribution in [2.24, 2.45) is 0 Å². The maximum atomic E-state index is 11.7. The number of benzene rings is 1. The number of likely N-dealkylation sites (N-methyl/N-ethyl adjacent to an activating group) is 1. The Morgan fingerprint density at radius 3 is 2.90 bits per heavy atom. The summed E-state index contributed by atoms with van der Waals surface area (Å²) in [7, 11) is -1.18. The van der Waals surface area contributed by atoms with E-state index in [1.807, 2.05) is 25.2 Å². The summed E-state index contributed by atoms with van der Waals surface area (Å²) >= 11 is 0. The molecule has 2 N–H and O–H groups in total. The molecule has 2 aliphatic rings. The van der Waals surface area contributed by atoms with Gasteiger partial charge in [-0.25, -0.2) is 13.1 Å². The molecule has 1 aromatic rings. The third-order valence-corrected chi connectivity index (χ3v) is 5.98. The first-order valence-corrected chi connectivity index (χ1v) is 8.52. The van der Waals surface area contributed by atoms with E-state index < -0.39 is 16.1 Å². The molecule has 0 radical (unpaired) electrons. The maximum Gasteiger partial charge on any atom is 0.214 e. The molecule has 3 rings (SSSR count). The average molecular weight is 296 g/mol. The molecule has 0 unspecified atom stereocenters. The van der Waals surface area contributed by atoms with Gasteiger partial charge >= 0.3 is 0 Å². The van der Waals surface area contributed by atoms with Crippen LogP contribution in [0.25, 0.3) is 0 Å². The second-order valence-corrected chi connectivity index (χ2v) is 7.71. The van der Waals surface area contributed by atoms with Crippen LogP contribution < -0.4 is 9.62 Å². The molecule has 0 aromatic heterocycles. The zero-order chi connectivity index (χ0) is 14.3. The fraction of sp³-hybridized carbons (Fsp3) is 0.571. The third-order valence-electron chi connectivity index (χ3n) is 4.06. The molecule has 1 fully saturated rings. The third kappa shape index (κ3) is 2.68. The molecule has 6 heteroatoms. The Kier molecular flexibility index (Phi) is 3.48. The van der Waals surface area contributed by atoms with Gasteiger partial charge in [0, 0.05) is 25.8 Å². The minimum atomic E-state index is -3.23. The lowest BCUT2D eigenvalue weighted by molar-refractivity contribution is 0.182. The second-order valence-electron chi connectivity index (χ2n) is 5.67. The van der Waals surface area contributed by atoms with Crippen LogP contribution in [0.4, 0.5) is 5.69 Å². The van der Waals surface area contributed by atoms with Gasteiger partial charge in [-0.05, 0) is 36.5 Å². The lowest BCUT2D eigenvalue weighted by Gasteiger charge is -2.15. The van der Waals surface area contributed by atoms with E-state index in [0.29, 0.717) is 0 Å². The quantitative estimate of drug-likeness (QED) is 0.843. The number of aliphatic hydroxyl groups excluding tert-OH is 1. The van der Waals surface area contributed by atoms with Gasteiger partial charge in [-0.3, -0.25) is 0 Å². The predicted octanol–water partition coefficient (Wildman–Crippen LogP) is 0.794. The fourth-order valence-electron chi connectivity index (χ4n) is 2.60. The first kappa shape index (κ1) is 13.9. The molecule has 0 amide bonds. The van der Waals surface area contributed by atoms with Crippen molar-refractivity contribution in [2.45, 2.75) is 30.6 Å². The van der Waals surface area contributed by atoms with Crippen molar-refractivity contribution in [3.63, 3.8) is 0 Å². The molecular weight excluding hydrogens is 276 g/mol. The Morgan fingerprint density at radius 1 is 1.45 bits per heavy atom. The Balaban J connectivity index is 1.67. The van der Waals surface area contributed by atoms with E-state index in [1.165, 1.54) is 11.3 Å². The van der Waals surface area contributed by atoms with Crippen LogP contribution in [0.5, 0.6) is 0 Å². The molecule has 1 aliphatic carbocycles. The summed E-state index contributed by atoms with van der Waals surface area (Å²) in [6.07, 6.45) is 1.65. The molecule has 0 spiro atoms. The lowest BCUT2D eigenvalue weighted by atomic mass is 10.0. The number of aliphatic hydroxyl groups is 1. The van der Waals surface area contributed by atoms with Crippen molar-refractivity contribution < 1.29 is 13.5 Å². The predicted molar refractivity (Wildman–Crippen MR) is 78.3 cm³/mol. The number of nitrogens with one attached hydrogen (secondary N) is 1. The van der Waals surface area contributed by atoms with Gasteiger partial charge in [0.2, 0.25) is 10.0 Å². The number of sulfonamides is 1. The van der Waals surface area contributed by atoms with Gasteiger partial charge in [0.25, 0.3) is 0 Å². The van der Waals surface area contributed by atoms with Gasteiger partial charge in [0.1, 0.15) is 0 Å². The smallest absolute Gasteiger partial charge is 0.214 e. The minimum Gasteiger partial charge on any atom is -0.387 e. The van der Waals surface area contributed by atoms with Crippen molar-refractivity contribution in [3.05, 3.63) is 29.3 Å². The normalized spacial score (nSPS) is 20.0. The van der Waals surface area contributed by atoms with Crippen LogP contribution in [0.3, 0.4) is 0 Å². The van der Waals surface area contributed by atoms with Crippen LogP contribution in [0.15, 0.2) is 18.2 Å². The molecule has 1 heterocycles. The second kappa shape index (κ2) is 5.02. The van der Waals surface area contributed by atoms with E-state index in [-0.39, 0.29) is 11.8 Å². The summed E-state index contributed by atoms with van der Waals surface area (Å²) in [4.78, 5) is 2.18. The molecule has 1 aromatic carbocycles. The number of anilines is 1. The first-order chi connectivity index (χ1) is 9.47. The van der Waals surface area contributed by atoms with E-state index in [9.17, 15) is 13.5 Å². The van der Waals surface area contributed by atoms with E-state index in [0.717, 1.165) is 31.4 Å². The molecule has 5 nitrogen and oxygen atoms in total. The molecule has 1 saturated carbocycles. The van der Waals surface area contributed by atoms with Gasteiger partial charge in [-0.1, -0.05) is 12.1 Å². The molecule has 110 valence electrons. The summed E-state index contributed by atoms with van der Waals surface area (Å²) < 4.78 is 26.0. The summed E-state index contributed by atoms with van der Waals surface area (Å²) in [6, 6.07) is 5.85. The van der Waals surface area contributed by atoms with Crippen LogP contribution in [-0.4, -0.2) is 38.9 Å². The van der Waals surface area contributed by atoms with Crippen molar-refractivity contribution >= 4 is 15.7 Å². The van der Waals surface area contributed by atoms with Gasteiger partial charge in [-0.2, -0.15) is 0 Å². The summed E-state index contributed by atoms with van der Waals surface area (Å²) in [5, 5.41) is 9.90. The zero-order valence-corrected chi connectivity index (χ0v) is 12.4. The van der Waals surface area contributed by atoms with Crippen LogP contribution in [0.2, 0.25) is 0 Å². The highest BCUT2D eigenvalue weighted by atomic mass is 32.2. The van der Waals surface area contributed by atoms with Crippen molar-refractivity contribution in [3.8, 4) is 0 Å². The SMILES string of the molecule is CN1CCc2cc([C@@H](O)CNS(=O)(=O)C3CC3)ccc21. The van der Waals surface area contributed by atoms with Gasteiger partial charge in [0.05, 0.1) is 11.4 Å². The van der Waals surface area contributed by atoms with Crippen LogP contribution in [0.1, 0.15) is 30.1 Å². The van der Waals surface area contributed by atoms with Crippen molar-refractivity contribution in [1.29, 1.82) is 0 Å². The summed E-state index contributed by atoms with van der Waals surface area (Å²) in [6.45, 7) is 1.04. The van der Waals surface area contributed by atoms with Crippen LogP contribution in [-0.2, 0) is 16.4 Å². The average Bonchev–Trinajstić information content (AvgIpc) is 3.22. The number of fused-ring (bicyclic) bond motifs is 1. The maximum absolute atomic E-state index is 11.7. The van der Waals surface area contributed by atoms with Gasteiger partial charge in [0.15, 0.2) is 0 Å². The topological polar surface area (TPSA) is 69.6 Å². The van der Waals surface area contributed by atoms with Crippen molar-refractivity contribution in [1.82, 2.24) is 4.72 Å². The Bertz CT molecular complexity index is 611. The van der Waals surface area contributed by atoms with E-state index in [2.05, 4.69) is 9.62 Å². The first-order valence-electron chi connectivity index (χ1n) is 6.98. The lowest BCUT2D eigenvalue weighted by Crippen LogP contribution is -2.31. The molecule has 0 bridgehead atoms. The monoisotopic (exact) mass is 296 g/mol. The van der Waals surface area contributed by atoms with E-state index in [4.69, 9.17) is 0 Å². The Hall–Kier alpha value is -1.11. The van der Waals surface area contributed by atoms with Crippen LogP contribution in [0, 0.1) is 0 Å². The number of rotatable bonds is 5. The Morgan fingerprint density at radius 2 is 2.20 bits per heavy atom. The molecule has 1 aliphatic heterocycles.